The number of amides is 1. The zero-order chi connectivity index (χ0) is 17.1. The molecule has 0 fully saturated rings. The lowest BCUT2D eigenvalue weighted by molar-refractivity contribution is -0.128. The molecule has 0 aliphatic carbocycles. The fourth-order valence-corrected chi connectivity index (χ4v) is 2.93. The van der Waals surface area contributed by atoms with Gasteiger partial charge in [0.1, 0.15) is 17.6 Å². The topological polar surface area (TPSA) is 79.9 Å². The maximum absolute atomic E-state index is 12.4. The third kappa shape index (κ3) is 3.40. The number of imidazole rings is 1. The van der Waals surface area contributed by atoms with Gasteiger partial charge in [0.2, 0.25) is 0 Å². The summed E-state index contributed by atoms with van der Waals surface area (Å²) in [6.45, 7) is 4.39. The summed E-state index contributed by atoms with van der Waals surface area (Å²) in [5.74, 6) is 1.33. The van der Waals surface area contributed by atoms with Crippen molar-refractivity contribution < 1.29 is 9.53 Å². The van der Waals surface area contributed by atoms with Crippen LogP contribution in [-0.2, 0) is 17.8 Å². The second-order valence-electron chi connectivity index (χ2n) is 6.06. The molecule has 124 valence electrons. The lowest BCUT2D eigenvalue weighted by Gasteiger charge is -2.26. The van der Waals surface area contributed by atoms with Crippen LogP contribution in [0.4, 0.5) is 0 Å². The highest BCUT2D eigenvalue weighted by atomic mass is 16.5. The van der Waals surface area contributed by atoms with E-state index in [0.717, 1.165) is 30.9 Å². The van der Waals surface area contributed by atoms with Gasteiger partial charge in [0.15, 0.2) is 6.10 Å². The average molecular weight is 324 g/mol. The van der Waals surface area contributed by atoms with E-state index in [4.69, 9.17) is 10.00 Å². The molecule has 6 nitrogen and oxygen atoms in total. The molecule has 2 unspecified atom stereocenters. The van der Waals surface area contributed by atoms with E-state index in [1.807, 2.05) is 13.1 Å². The summed E-state index contributed by atoms with van der Waals surface area (Å²) in [6.07, 6.45) is 3.07. The fourth-order valence-electron chi connectivity index (χ4n) is 2.93. The number of rotatable bonds is 4. The van der Waals surface area contributed by atoms with Crippen LogP contribution in [0.1, 0.15) is 30.4 Å². The molecule has 2 heterocycles. The van der Waals surface area contributed by atoms with E-state index < -0.39 is 6.10 Å². The summed E-state index contributed by atoms with van der Waals surface area (Å²) in [6, 6.07) is 9.05. The maximum atomic E-state index is 12.4. The van der Waals surface area contributed by atoms with E-state index in [1.165, 1.54) is 0 Å². The highest BCUT2D eigenvalue weighted by Gasteiger charge is 2.24. The van der Waals surface area contributed by atoms with Crippen LogP contribution in [0.15, 0.2) is 30.5 Å². The van der Waals surface area contributed by atoms with Gasteiger partial charge in [0.05, 0.1) is 11.3 Å². The number of benzene rings is 1. The second kappa shape index (κ2) is 6.75. The number of fused-ring (bicyclic) bond motifs is 1. The Kier molecular flexibility index (Phi) is 4.52. The van der Waals surface area contributed by atoms with Gasteiger partial charge in [-0.2, -0.15) is 5.26 Å². The predicted octanol–water partition coefficient (Wildman–Crippen LogP) is 1.96. The summed E-state index contributed by atoms with van der Waals surface area (Å²) >= 11 is 0. The largest absolute Gasteiger partial charge is 0.480 e. The van der Waals surface area contributed by atoms with Crippen molar-refractivity contribution in [1.29, 1.82) is 5.26 Å². The Morgan fingerprint density at radius 2 is 2.29 bits per heavy atom. The second-order valence-corrected chi connectivity index (χ2v) is 6.06. The fraction of sp³-hybridized carbons (Fsp3) is 0.389. The molecule has 24 heavy (non-hydrogen) atoms. The molecule has 2 atom stereocenters. The lowest BCUT2D eigenvalue weighted by Crippen LogP contribution is -2.46. The van der Waals surface area contributed by atoms with Crippen LogP contribution >= 0.6 is 0 Å². The molecule has 1 N–H and O–H groups in total. The molecule has 0 bridgehead atoms. The Hall–Kier alpha value is -2.81. The van der Waals surface area contributed by atoms with Crippen molar-refractivity contribution in [3.8, 4) is 11.8 Å². The number of hydrogen-bond donors (Lipinski definition) is 1. The lowest BCUT2D eigenvalue weighted by atomic mass is 10.1. The molecule has 1 aliphatic heterocycles. The molecule has 6 heteroatoms. The highest BCUT2D eigenvalue weighted by molar-refractivity contribution is 5.81. The quantitative estimate of drug-likeness (QED) is 0.932. The Morgan fingerprint density at radius 3 is 3.08 bits per heavy atom. The van der Waals surface area contributed by atoms with Gasteiger partial charge >= 0.3 is 0 Å². The van der Waals surface area contributed by atoms with Crippen LogP contribution in [0, 0.1) is 18.3 Å². The minimum absolute atomic E-state index is 0.0656. The van der Waals surface area contributed by atoms with Crippen LogP contribution in [0.5, 0.6) is 5.75 Å². The SMILES string of the molecule is Cc1cn2c(n1)CCC(NC(=O)C(C)Oc1ccccc1C#N)C2. The molecule has 3 rings (SSSR count). The van der Waals surface area contributed by atoms with Crippen LogP contribution in [0.2, 0.25) is 0 Å². The Bertz CT molecular complexity index is 791. The van der Waals surface area contributed by atoms with Crippen molar-refractivity contribution in [3.63, 3.8) is 0 Å². The molecule has 2 aromatic rings. The van der Waals surface area contributed by atoms with Crippen molar-refractivity contribution in [2.24, 2.45) is 0 Å². The van der Waals surface area contributed by atoms with Gasteiger partial charge < -0.3 is 14.6 Å². The number of hydrogen-bond acceptors (Lipinski definition) is 4. The summed E-state index contributed by atoms with van der Waals surface area (Å²) in [4.78, 5) is 16.9. The molecule has 0 saturated carbocycles. The Labute approximate surface area is 141 Å². The molecule has 1 amide bonds. The number of carbonyl (C=O) groups is 1. The van der Waals surface area contributed by atoms with Gasteiger partial charge in [-0.05, 0) is 32.4 Å². The normalized spacial score (nSPS) is 17.5. The van der Waals surface area contributed by atoms with E-state index in [0.29, 0.717) is 11.3 Å². The van der Waals surface area contributed by atoms with Crippen LogP contribution in [0.3, 0.4) is 0 Å². The first-order valence-corrected chi connectivity index (χ1v) is 8.05. The third-order valence-electron chi connectivity index (χ3n) is 4.14. The number of carbonyl (C=O) groups excluding carboxylic acids is 1. The Balaban J connectivity index is 1.60. The van der Waals surface area contributed by atoms with Crippen LogP contribution in [0.25, 0.3) is 0 Å². The molecular weight excluding hydrogens is 304 g/mol. The van der Waals surface area contributed by atoms with Crippen LogP contribution < -0.4 is 10.1 Å². The van der Waals surface area contributed by atoms with E-state index in [9.17, 15) is 4.79 Å². The minimum Gasteiger partial charge on any atom is -0.480 e. The monoisotopic (exact) mass is 324 g/mol. The van der Waals surface area contributed by atoms with Gasteiger partial charge in [-0.1, -0.05) is 12.1 Å². The first-order valence-electron chi connectivity index (χ1n) is 8.05. The van der Waals surface area contributed by atoms with Gasteiger partial charge in [-0.25, -0.2) is 4.98 Å². The van der Waals surface area contributed by atoms with Gasteiger partial charge in [-0.15, -0.1) is 0 Å². The first-order chi connectivity index (χ1) is 11.6. The number of aromatic nitrogens is 2. The first kappa shape index (κ1) is 16.1. The smallest absolute Gasteiger partial charge is 0.261 e. The number of nitriles is 1. The molecule has 0 spiro atoms. The van der Waals surface area contributed by atoms with E-state index in [1.54, 1.807) is 31.2 Å². The zero-order valence-corrected chi connectivity index (χ0v) is 13.8. The molecule has 0 radical (unpaired) electrons. The molecule has 0 saturated heterocycles. The van der Waals surface area contributed by atoms with Crippen molar-refractivity contribution in [2.45, 2.75) is 45.4 Å². The maximum Gasteiger partial charge on any atom is 0.261 e. The van der Waals surface area contributed by atoms with Gasteiger partial charge in [0.25, 0.3) is 5.91 Å². The molecule has 1 aliphatic rings. The number of nitrogens with one attached hydrogen (secondary N) is 1. The minimum atomic E-state index is -0.662. The van der Waals surface area contributed by atoms with Crippen molar-refractivity contribution >= 4 is 5.91 Å². The summed E-state index contributed by atoms with van der Waals surface area (Å²) in [7, 11) is 0. The summed E-state index contributed by atoms with van der Waals surface area (Å²) < 4.78 is 7.76. The zero-order valence-electron chi connectivity index (χ0n) is 13.8. The highest BCUT2D eigenvalue weighted by Crippen LogP contribution is 2.19. The molecule has 1 aromatic carbocycles. The number of ether oxygens (including phenoxy) is 1. The Morgan fingerprint density at radius 1 is 1.50 bits per heavy atom. The molecular formula is C18H20N4O2. The van der Waals surface area contributed by atoms with E-state index in [2.05, 4.69) is 20.9 Å². The van der Waals surface area contributed by atoms with Gasteiger partial charge in [0, 0.05) is 25.2 Å². The average Bonchev–Trinajstić information content (AvgIpc) is 2.94. The van der Waals surface area contributed by atoms with Gasteiger partial charge in [-0.3, -0.25) is 4.79 Å². The third-order valence-corrected chi connectivity index (χ3v) is 4.14. The number of nitrogens with zero attached hydrogens (tertiary/aromatic N) is 3. The van der Waals surface area contributed by atoms with Crippen molar-refractivity contribution in [1.82, 2.24) is 14.9 Å². The summed E-state index contributed by atoms with van der Waals surface area (Å²) in [5.41, 5.74) is 1.43. The van der Waals surface area contributed by atoms with E-state index >= 15 is 0 Å². The number of aryl methyl sites for hydroxylation is 2. The number of para-hydroxylation sites is 1. The predicted molar refractivity (Wildman–Crippen MR) is 88.5 cm³/mol. The standard InChI is InChI=1S/C18H20N4O2/c1-12-10-22-11-15(7-8-17(22)20-12)21-18(23)13(2)24-16-6-4-3-5-14(16)9-19/h3-6,10,13,15H,7-8,11H2,1-2H3,(H,21,23). The van der Waals surface area contributed by atoms with Crippen molar-refractivity contribution in [2.75, 3.05) is 0 Å². The summed E-state index contributed by atoms with van der Waals surface area (Å²) in [5, 5.41) is 12.1. The van der Waals surface area contributed by atoms with Crippen molar-refractivity contribution in [3.05, 3.63) is 47.5 Å². The van der Waals surface area contributed by atoms with E-state index in [-0.39, 0.29) is 11.9 Å². The van der Waals surface area contributed by atoms with Crippen LogP contribution in [-0.4, -0.2) is 27.6 Å². The molecule has 1 aromatic heterocycles.